The third kappa shape index (κ3) is 2.30. The van der Waals surface area contributed by atoms with E-state index in [0.29, 0.717) is 0 Å². The van der Waals surface area contributed by atoms with Crippen molar-refractivity contribution in [2.45, 2.75) is 51.9 Å². The van der Waals surface area contributed by atoms with Crippen molar-refractivity contribution in [3.63, 3.8) is 0 Å². The number of fused-ring (bicyclic) bond motifs is 1. The van der Waals surface area contributed by atoms with Gasteiger partial charge >= 0.3 is 0 Å². The number of rotatable bonds is 6. The maximum atomic E-state index is 2.80. The molecule has 0 aromatic carbocycles. The molecule has 0 aromatic heterocycles. The maximum absolute atomic E-state index is 2.80. The van der Waals surface area contributed by atoms with Crippen molar-refractivity contribution in [3.8, 4) is 0 Å². The summed E-state index contributed by atoms with van der Waals surface area (Å²) in [7, 11) is 0. The second-order valence-corrected chi connectivity index (χ2v) is 6.57. The molecule has 16 heavy (non-hydrogen) atoms. The second-order valence-electron chi connectivity index (χ2n) is 6.57. The summed E-state index contributed by atoms with van der Waals surface area (Å²) in [6, 6.07) is 0. The first-order chi connectivity index (χ1) is 7.86. The predicted molar refractivity (Wildman–Crippen MR) is 68.4 cm³/mol. The van der Waals surface area contributed by atoms with Crippen LogP contribution in [-0.4, -0.2) is 24.5 Å². The lowest BCUT2D eigenvalue weighted by Gasteiger charge is -2.33. The van der Waals surface area contributed by atoms with E-state index in [1.807, 2.05) is 0 Å². The third-order valence-electron chi connectivity index (χ3n) is 5.21. The molecule has 1 unspecified atom stereocenters. The summed E-state index contributed by atoms with van der Waals surface area (Å²) in [6.07, 6.45) is 10.5. The quantitative estimate of drug-likeness (QED) is 0.663. The Morgan fingerprint density at radius 1 is 1.06 bits per heavy atom. The SMILES string of the molecule is CCCN(CC1CCCC1)CC1C[C@H]2C[C@@H]12. The molecule has 1 heteroatoms. The van der Waals surface area contributed by atoms with E-state index in [0.717, 1.165) is 11.8 Å². The molecule has 92 valence electrons. The summed E-state index contributed by atoms with van der Waals surface area (Å²) in [5.41, 5.74) is 0. The van der Waals surface area contributed by atoms with Crippen LogP contribution in [-0.2, 0) is 0 Å². The third-order valence-corrected chi connectivity index (χ3v) is 5.21. The molecule has 0 bridgehead atoms. The summed E-state index contributed by atoms with van der Waals surface area (Å²) >= 11 is 0. The zero-order valence-corrected chi connectivity index (χ0v) is 10.8. The highest BCUT2D eigenvalue weighted by molar-refractivity contribution is 5.03. The number of nitrogens with zero attached hydrogens (tertiary/aromatic N) is 1. The van der Waals surface area contributed by atoms with Gasteiger partial charge in [-0.1, -0.05) is 19.8 Å². The Hall–Kier alpha value is -0.0400. The van der Waals surface area contributed by atoms with E-state index >= 15 is 0 Å². The van der Waals surface area contributed by atoms with Crippen LogP contribution in [0.1, 0.15) is 51.9 Å². The average molecular weight is 221 g/mol. The summed E-state index contributed by atoms with van der Waals surface area (Å²) in [5, 5.41) is 0. The van der Waals surface area contributed by atoms with Crippen LogP contribution in [0.4, 0.5) is 0 Å². The average Bonchev–Trinajstić information content (AvgIpc) is 2.70. The Labute approximate surface area is 101 Å². The Morgan fingerprint density at radius 2 is 1.88 bits per heavy atom. The van der Waals surface area contributed by atoms with E-state index in [9.17, 15) is 0 Å². The standard InChI is InChI=1S/C15H27N/c1-2-7-16(10-12-5-3-4-6-12)11-14-8-13-9-15(13)14/h12-15H,2-11H2,1H3/t13-,14?,15+/m0/s1. The van der Waals surface area contributed by atoms with Gasteiger partial charge in [-0.05, 0) is 62.3 Å². The van der Waals surface area contributed by atoms with E-state index in [1.54, 1.807) is 12.8 Å². The molecule has 3 fully saturated rings. The maximum Gasteiger partial charge on any atom is 0.00126 e. The van der Waals surface area contributed by atoms with Gasteiger partial charge in [0, 0.05) is 13.1 Å². The first-order valence-corrected chi connectivity index (χ1v) is 7.59. The minimum Gasteiger partial charge on any atom is -0.303 e. The second kappa shape index (κ2) is 4.68. The van der Waals surface area contributed by atoms with Crippen LogP contribution in [0.5, 0.6) is 0 Å². The van der Waals surface area contributed by atoms with Gasteiger partial charge in [0.15, 0.2) is 0 Å². The largest absolute Gasteiger partial charge is 0.303 e. The lowest BCUT2D eigenvalue weighted by Crippen LogP contribution is -2.37. The summed E-state index contributed by atoms with van der Waals surface area (Å²) in [5.74, 6) is 4.49. The van der Waals surface area contributed by atoms with Crippen LogP contribution in [0.15, 0.2) is 0 Å². The minimum absolute atomic E-state index is 1.04. The highest BCUT2D eigenvalue weighted by Crippen LogP contribution is 2.59. The molecule has 0 N–H and O–H groups in total. The van der Waals surface area contributed by atoms with Crippen LogP contribution >= 0.6 is 0 Å². The molecule has 0 aliphatic heterocycles. The Morgan fingerprint density at radius 3 is 2.44 bits per heavy atom. The van der Waals surface area contributed by atoms with Gasteiger partial charge < -0.3 is 4.90 Å². The van der Waals surface area contributed by atoms with E-state index in [1.165, 1.54) is 63.6 Å². The van der Waals surface area contributed by atoms with Gasteiger partial charge in [0.25, 0.3) is 0 Å². The molecule has 0 radical (unpaired) electrons. The van der Waals surface area contributed by atoms with Crippen molar-refractivity contribution in [2.24, 2.45) is 23.7 Å². The highest BCUT2D eigenvalue weighted by atomic mass is 15.1. The molecule has 0 amide bonds. The first-order valence-electron chi connectivity index (χ1n) is 7.59. The highest BCUT2D eigenvalue weighted by Gasteiger charge is 2.53. The monoisotopic (exact) mass is 221 g/mol. The van der Waals surface area contributed by atoms with Gasteiger partial charge in [0.1, 0.15) is 0 Å². The molecule has 3 saturated carbocycles. The van der Waals surface area contributed by atoms with Crippen molar-refractivity contribution in [1.29, 1.82) is 0 Å². The van der Waals surface area contributed by atoms with Crippen molar-refractivity contribution in [3.05, 3.63) is 0 Å². The van der Waals surface area contributed by atoms with Crippen molar-refractivity contribution in [1.82, 2.24) is 4.90 Å². The molecular weight excluding hydrogens is 194 g/mol. The fourth-order valence-corrected chi connectivity index (χ4v) is 4.16. The van der Waals surface area contributed by atoms with Gasteiger partial charge in [-0.25, -0.2) is 0 Å². The molecule has 0 spiro atoms. The summed E-state index contributed by atoms with van der Waals surface area (Å²) in [4.78, 5) is 2.80. The fraction of sp³-hybridized carbons (Fsp3) is 1.00. The van der Waals surface area contributed by atoms with Crippen molar-refractivity contribution in [2.75, 3.05) is 19.6 Å². The van der Waals surface area contributed by atoms with E-state index in [2.05, 4.69) is 11.8 Å². The van der Waals surface area contributed by atoms with Crippen molar-refractivity contribution < 1.29 is 0 Å². The Bertz CT molecular complexity index is 225. The minimum atomic E-state index is 1.04. The zero-order chi connectivity index (χ0) is 11.0. The zero-order valence-electron chi connectivity index (χ0n) is 10.8. The molecule has 3 aliphatic carbocycles. The summed E-state index contributed by atoms with van der Waals surface area (Å²) in [6.45, 7) is 6.54. The van der Waals surface area contributed by atoms with Crippen LogP contribution in [0, 0.1) is 23.7 Å². The summed E-state index contributed by atoms with van der Waals surface area (Å²) < 4.78 is 0. The lowest BCUT2D eigenvalue weighted by molar-refractivity contribution is 0.148. The number of hydrogen-bond donors (Lipinski definition) is 0. The fourth-order valence-electron chi connectivity index (χ4n) is 4.16. The Balaban J connectivity index is 1.45. The van der Waals surface area contributed by atoms with Gasteiger partial charge in [-0.2, -0.15) is 0 Å². The van der Waals surface area contributed by atoms with E-state index in [4.69, 9.17) is 0 Å². The van der Waals surface area contributed by atoms with E-state index in [-0.39, 0.29) is 0 Å². The van der Waals surface area contributed by atoms with Crippen molar-refractivity contribution >= 4 is 0 Å². The topological polar surface area (TPSA) is 3.24 Å². The molecule has 1 nitrogen and oxygen atoms in total. The lowest BCUT2D eigenvalue weighted by atomic mass is 9.85. The van der Waals surface area contributed by atoms with Gasteiger partial charge in [-0.15, -0.1) is 0 Å². The van der Waals surface area contributed by atoms with Crippen LogP contribution in [0.3, 0.4) is 0 Å². The van der Waals surface area contributed by atoms with Crippen LogP contribution in [0.25, 0.3) is 0 Å². The normalized spacial score (nSPS) is 37.5. The van der Waals surface area contributed by atoms with Gasteiger partial charge in [0.05, 0.1) is 0 Å². The van der Waals surface area contributed by atoms with Gasteiger partial charge in [0.2, 0.25) is 0 Å². The molecule has 3 rings (SSSR count). The molecule has 0 saturated heterocycles. The molecular formula is C15H27N. The van der Waals surface area contributed by atoms with Crippen LogP contribution < -0.4 is 0 Å². The smallest absolute Gasteiger partial charge is 0.00126 e. The predicted octanol–water partition coefficient (Wildman–Crippen LogP) is 3.54. The van der Waals surface area contributed by atoms with Gasteiger partial charge in [-0.3, -0.25) is 0 Å². The van der Waals surface area contributed by atoms with E-state index < -0.39 is 0 Å². The molecule has 3 atom stereocenters. The Kier molecular flexibility index (Phi) is 3.24. The molecule has 0 heterocycles. The molecule has 3 aliphatic rings. The number of hydrogen-bond acceptors (Lipinski definition) is 1. The molecule has 0 aromatic rings. The van der Waals surface area contributed by atoms with Crippen LogP contribution in [0.2, 0.25) is 0 Å². The first kappa shape index (κ1) is 11.1.